The third kappa shape index (κ3) is 4.05. The summed E-state index contributed by atoms with van der Waals surface area (Å²) in [6.07, 6.45) is 4.21. The second-order valence-corrected chi connectivity index (χ2v) is 5.25. The molecule has 1 aromatic heterocycles. The molecule has 0 fully saturated rings. The largest absolute Gasteiger partial charge is 0.355 e. The van der Waals surface area contributed by atoms with E-state index in [9.17, 15) is 8.78 Å². The molecule has 0 unspecified atom stereocenters. The fourth-order valence-electron chi connectivity index (χ4n) is 2.09. The minimum Gasteiger partial charge on any atom is -0.355 e. The van der Waals surface area contributed by atoms with E-state index in [0.29, 0.717) is 24.4 Å². The summed E-state index contributed by atoms with van der Waals surface area (Å²) in [5.74, 6) is 0.236. The number of hydrogen-bond acceptors (Lipinski definition) is 2. The predicted molar refractivity (Wildman–Crippen MR) is 75.6 cm³/mol. The molecule has 20 heavy (non-hydrogen) atoms. The average Bonchev–Trinajstić information content (AvgIpc) is 2.74. The monoisotopic (exact) mass is 279 g/mol. The highest BCUT2D eigenvalue weighted by Gasteiger charge is 2.05. The number of rotatable bonds is 6. The molecule has 0 saturated heterocycles. The lowest BCUT2D eigenvalue weighted by Crippen LogP contribution is -2.12. The Kier molecular flexibility index (Phi) is 4.71. The second-order valence-electron chi connectivity index (χ2n) is 5.25. The van der Waals surface area contributed by atoms with Crippen LogP contribution in [-0.2, 0) is 13.0 Å². The molecule has 1 heterocycles. The number of nitrogens with zero attached hydrogens (tertiary/aromatic N) is 2. The Morgan fingerprint density at radius 3 is 2.55 bits per heavy atom. The summed E-state index contributed by atoms with van der Waals surface area (Å²) >= 11 is 0. The van der Waals surface area contributed by atoms with E-state index in [0.717, 1.165) is 18.6 Å². The lowest BCUT2D eigenvalue weighted by molar-refractivity contribution is 0.526. The average molecular weight is 279 g/mol. The Morgan fingerprint density at radius 2 is 1.90 bits per heavy atom. The lowest BCUT2D eigenvalue weighted by Gasteiger charge is -2.11. The van der Waals surface area contributed by atoms with Crippen molar-refractivity contribution in [1.82, 2.24) is 9.55 Å². The fourth-order valence-corrected chi connectivity index (χ4v) is 2.09. The predicted octanol–water partition coefficient (Wildman–Crippen LogP) is 3.47. The number of halogens is 2. The standard InChI is InChI=1S/C15H19F2N3/c1-11(2)10-20-6-5-19-15(20)18-4-3-12-7-13(16)9-14(17)8-12/h5-9,11H,3-4,10H2,1-2H3,(H,18,19). The third-order valence-electron chi connectivity index (χ3n) is 2.90. The first-order valence-corrected chi connectivity index (χ1v) is 6.74. The van der Waals surface area contributed by atoms with Gasteiger partial charge in [0.15, 0.2) is 0 Å². The van der Waals surface area contributed by atoms with E-state index in [2.05, 4.69) is 24.1 Å². The molecule has 1 N–H and O–H groups in total. The van der Waals surface area contributed by atoms with Crippen molar-refractivity contribution in [3.8, 4) is 0 Å². The summed E-state index contributed by atoms with van der Waals surface area (Å²) in [6, 6.07) is 3.59. The van der Waals surface area contributed by atoms with Gasteiger partial charge in [0.2, 0.25) is 5.95 Å². The number of benzene rings is 1. The van der Waals surface area contributed by atoms with Crippen LogP contribution in [0.3, 0.4) is 0 Å². The van der Waals surface area contributed by atoms with Gasteiger partial charge < -0.3 is 9.88 Å². The van der Waals surface area contributed by atoms with E-state index in [1.54, 1.807) is 6.20 Å². The highest BCUT2D eigenvalue weighted by atomic mass is 19.1. The van der Waals surface area contributed by atoms with E-state index in [1.165, 1.54) is 12.1 Å². The van der Waals surface area contributed by atoms with Crippen LogP contribution in [0.15, 0.2) is 30.6 Å². The Bertz CT molecular complexity index is 544. The van der Waals surface area contributed by atoms with E-state index in [1.807, 2.05) is 10.8 Å². The van der Waals surface area contributed by atoms with Crippen LogP contribution in [0.4, 0.5) is 14.7 Å². The van der Waals surface area contributed by atoms with Gasteiger partial charge in [-0.15, -0.1) is 0 Å². The molecule has 0 bridgehead atoms. The molecular weight excluding hydrogens is 260 g/mol. The highest BCUT2D eigenvalue weighted by molar-refractivity contribution is 5.27. The van der Waals surface area contributed by atoms with Gasteiger partial charge in [0.05, 0.1) is 0 Å². The summed E-state index contributed by atoms with van der Waals surface area (Å²) in [5, 5.41) is 3.19. The normalized spacial score (nSPS) is 11.1. The molecule has 0 radical (unpaired) electrons. The van der Waals surface area contributed by atoms with Crippen LogP contribution in [0.5, 0.6) is 0 Å². The van der Waals surface area contributed by atoms with Crippen LogP contribution in [-0.4, -0.2) is 16.1 Å². The SMILES string of the molecule is CC(C)Cn1ccnc1NCCc1cc(F)cc(F)c1. The van der Waals surface area contributed by atoms with E-state index in [-0.39, 0.29) is 0 Å². The molecule has 1 aromatic carbocycles. The second kappa shape index (κ2) is 6.50. The molecule has 0 aliphatic carbocycles. The quantitative estimate of drug-likeness (QED) is 0.877. The first-order chi connectivity index (χ1) is 9.54. The molecule has 0 aliphatic heterocycles. The van der Waals surface area contributed by atoms with E-state index < -0.39 is 11.6 Å². The van der Waals surface area contributed by atoms with Gasteiger partial charge >= 0.3 is 0 Å². The minimum atomic E-state index is -0.540. The first-order valence-electron chi connectivity index (χ1n) is 6.74. The molecule has 0 aliphatic rings. The lowest BCUT2D eigenvalue weighted by atomic mass is 10.1. The molecule has 0 amide bonds. The molecule has 2 aromatic rings. The zero-order valence-corrected chi connectivity index (χ0v) is 11.7. The van der Waals surface area contributed by atoms with Gasteiger partial charge in [-0.2, -0.15) is 0 Å². The Hall–Kier alpha value is -1.91. The summed E-state index contributed by atoms with van der Waals surface area (Å²) in [4.78, 5) is 4.24. The van der Waals surface area contributed by atoms with Gasteiger partial charge in [0, 0.05) is 31.5 Å². The van der Waals surface area contributed by atoms with Crippen molar-refractivity contribution in [1.29, 1.82) is 0 Å². The van der Waals surface area contributed by atoms with Crippen LogP contribution in [0.1, 0.15) is 19.4 Å². The maximum Gasteiger partial charge on any atom is 0.202 e. The van der Waals surface area contributed by atoms with Crippen molar-refractivity contribution in [2.45, 2.75) is 26.8 Å². The Morgan fingerprint density at radius 1 is 1.20 bits per heavy atom. The van der Waals surface area contributed by atoms with Gasteiger partial charge in [0.1, 0.15) is 11.6 Å². The number of imidazole rings is 1. The number of nitrogens with one attached hydrogen (secondary N) is 1. The zero-order valence-electron chi connectivity index (χ0n) is 11.7. The summed E-state index contributed by atoms with van der Waals surface area (Å²) in [7, 11) is 0. The molecule has 0 atom stereocenters. The van der Waals surface area contributed by atoms with Crippen molar-refractivity contribution >= 4 is 5.95 Å². The molecular formula is C15H19F2N3. The molecule has 108 valence electrons. The molecule has 0 saturated carbocycles. The topological polar surface area (TPSA) is 29.9 Å². The van der Waals surface area contributed by atoms with E-state index >= 15 is 0 Å². The van der Waals surface area contributed by atoms with Gasteiger partial charge in [-0.25, -0.2) is 13.8 Å². The van der Waals surface area contributed by atoms with Gasteiger partial charge in [-0.1, -0.05) is 13.8 Å². The molecule has 3 nitrogen and oxygen atoms in total. The number of anilines is 1. The van der Waals surface area contributed by atoms with Gasteiger partial charge in [-0.05, 0) is 30.0 Å². The van der Waals surface area contributed by atoms with Crippen molar-refractivity contribution in [3.05, 3.63) is 47.8 Å². The van der Waals surface area contributed by atoms with Gasteiger partial charge in [0.25, 0.3) is 0 Å². The van der Waals surface area contributed by atoms with Crippen LogP contribution >= 0.6 is 0 Å². The molecule has 2 rings (SSSR count). The number of aromatic nitrogens is 2. The van der Waals surface area contributed by atoms with Crippen LogP contribution in [0.2, 0.25) is 0 Å². The highest BCUT2D eigenvalue weighted by Crippen LogP contribution is 2.11. The maximum absolute atomic E-state index is 13.1. The smallest absolute Gasteiger partial charge is 0.202 e. The molecule has 5 heteroatoms. The Labute approximate surface area is 117 Å². The Balaban J connectivity index is 1.91. The molecule has 0 spiro atoms. The minimum absolute atomic E-state index is 0.530. The van der Waals surface area contributed by atoms with E-state index in [4.69, 9.17) is 0 Å². The zero-order chi connectivity index (χ0) is 14.5. The van der Waals surface area contributed by atoms with Crippen LogP contribution < -0.4 is 5.32 Å². The third-order valence-corrected chi connectivity index (χ3v) is 2.90. The summed E-state index contributed by atoms with van der Waals surface area (Å²) in [5.41, 5.74) is 0.636. The summed E-state index contributed by atoms with van der Waals surface area (Å²) < 4.78 is 28.2. The van der Waals surface area contributed by atoms with Crippen LogP contribution in [0, 0.1) is 17.6 Å². The fraction of sp³-hybridized carbons (Fsp3) is 0.400. The summed E-state index contributed by atoms with van der Waals surface area (Å²) in [6.45, 7) is 5.74. The maximum atomic E-state index is 13.1. The van der Waals surface area contributed by atoms with Gasteiger partial charge in [-0.3, -0.25) is 0 Å². The van der Waals surface area contributed by atoms with Crippen molar-refractivity contribution in [2.75, 3.05) is 11.9 Å². The van der Waals surface area contributed by atoms with Crippen LogP contribution in [0.25, 0.3) is 0 Å². The van der Waals surface area contributed by atoms with Crippen molar-refractivity contribution in [3.63, 3.8) is 0 Å². The van der Waals surface area contributed by atoms with Crippen molar-refractivity contribution in [2.24, 2.45) is 5.92 Å². The first kappa shape index (κ1) is 14.5. The van der Waals surface area contributed by atoms with Crippen molar-refractivity contribution < 1.29 is 8.78 Å². The number of hydrogen-bond donors (Lipinski definition) is 1.